The summed E-state index contributed by atoms with van der Waals surface area (Å²) in [4.78, 5) is 4.27. The summed E-state index contributed by atoms with van der Waals surface area (Å²) >= 11 is 0. The van der Waals surface area contributed by atoms with Crippen molar-refractivity contribution in [2.75, 3.05) is 6.54 Å². The maximum atomic E-state index is 5.47. The van der Waals surface area contributed by atoms with Gasteiger partial charge in [0.15, 0.2) is 0 Å². The van der Waals surface area contributed by atoms with Gasteiger partial charge in [0, 0.05) is 6.54 Å². The highest BCUT2D eigenvalue weighted by atomic mass is 14.9. The molecule has 0 amide bonds. The van der Waals surface area contributed by atoms with Gasteiger partial charge in [-0.1, -0.05) is 13.3 Å². The van der Waals surface area contributed by atoms with Crippen molar-refractivity contribution in [3.05, 3.63) is 0 Å². The van der Waals surface area contributed by atoms with Crippen LogP contribution in [0.3, 0.4) is 0 Å². The van der Waals surface area contributed by atoms with Crippen molar-refractivity contribution in [1.29, 1.82) is 0 Å². The SMILES string of the molecule is CCCC1(CN=C(C)N)CC1. The third kappa shape index (κ3) is 2.52. The van der Waals surface area contributed by atoms with Gasteiger partial charge in [0.2, 0.25) is 0 Å². The number of hydrogen-bond donors (Lipinski definition) is 1. The molecule has 2 nitrogen and oxygen atoms in total. The van der Waals surface area contributed by atoms with E-state index < -0.39 is 0 Å². The molecule has 11 heavy (non-hydrogen) atoms. The molecule has 1 fully saturated rings. The topological polar surface area (TPSA) is 38.4 Å². The summed E-state index contributed by atoms with van der Waals surface area (Å²) in [7, 11) is 0. The summed E-state index contributed by atoms with van der Waals surface area (Å²) in [5, 5.41) is 0. The first kappa shape index (κ1) is 8.57. The second-order valence-electron chi connectivity index (χ2n) is 3.71. The Morgan fingerprint density at radius 3 is 2.55 bits per heavy atom. The lowest BCUT2D eigenvalue weighted by Crippen LogP contribution is -2.11. The third-order valence-corrected chi connectivity index (χ3v) is 2.40. The molecule has 0 aromatic rings. The van der Waals surface area contributed by atoms with E-state index in [2.05, 4.69) is 11.9 Å². The Morgan fingerprint density at radius 2 is 2.18 bits per heavy atom. The number of amidine groups is 1. The quantitative estimate of drug-likeness (QED) is 0.488. The van der Waals surface area contributed by atoms with Crippen molar-refractivity contribution in [2.24, 2.45) is 16.1 Å². The third-order valence-electron chi connectivity index (χ3n) is 2.40. The predicted molar refractivity (Wildman–Crippen MR) is 48.7 cm³/mol. The van der Waals surface area contributed by atoms with Crippen molar-refractivity contribution in [2.45, 2.75) is 39.5 Å². The smallest absolute Gasteiger partial charge is 0.0905 e. The Kier molecular flexibility index (Phi) is 2.53. The molecule has 0 unspecified atom stereocenters. The van der Waals surface area contributed by atoms with Crippen LogP contribution in [0.2, 0.25) is 0 Å². The van der Waals surface area contributed by atoms with E-state index in [9.17, 15) is 0 Å². The fourth-order valence-electron chi connectivity index (χ4n) is 1.49. The van der Waals surface area contributed by atoms with Gasteiger partial charge in [-0.15, -0.1) is 0 Å². The molecule has 1 rings (SSSR count). The van der Waals surface area contributed by atoms with E-state index in [-0.39, 0.29) is 0 Å². The molecule has 1 saturated carbocycles. The fraction of sp³-hybridized carbons (Fsp3) is 0.889. The largest absolute Gasteiger partial charge is 0.388 e. The highest BCUT2D eigenvalue weighted by molar-refractivity contribution is 5.77. The van der Waals surface area contributed by atoms with Crippen molar-refractivity contribution >= 4 is 5.84 Å². The van der Waals surface area contributed by atoms with Gasteiger partial charge >= 0.3 is 0 Å². The van der Waals surface area contributed by atoms with Crippen molar-refractivity contribution in [1.82, 2.24) is 0 Å². The van der Waals surface area contributed by atoms with Crippen LogP contribution in [-0.2, 0) is 0 Å². The zero-order valence-corrected chi connectivity index (χ0v) is 7.56. The fourth-order valence-corrected chi connectivity index (χ4v) is 1.49. The molecule has 1 aliphatic rings. The lowest BCUT2D eigenvalue weighted by molar-refractivity contribution is 0.473. The molecule has 0 aromatic carbocycles. The first-order valence-corrected chi connectivity index (χ1v) is 4.45. The maximum absolute atomic E-state index is 5.47. The van der Waals surface area contributed by atoms with Crippen LogP contribution in [0.15, 0.2) is 4.99 Å². The van der Waals surface area contributed by atoms with Gasteiger partial charge in [-0.25, -0.2) is 0 Å². The van der Waals surface area contributed by atoms with Gasteiger partial charge in [-0.3, -0.25) is 4.99 Å². The van der Waals surface area contributed by atoms with E-state index in [0.29, 0.717) is 5.41 Å². The zero-order valence-electron chi connectivity index (χ0n) is 7.56. The predicted octanol–water partition coefficient (Wildman–Crippen LogP) is 1.94. The molecule has 64 valence electrons. The first-order valence-electron chi connectivity index (χ1n) is 4.45. The van der Waals surface area contributed by atoms with E-state index in [0.717, 1.165) is 12.4 Å². The van der Waals surface area contributed by atoms with Crippen LogP contribution in [-0.4, -0.2) is 12.4 Å². The van der Waals surface area contributed by atoms with Gasteiger partial charge in [-0.05, 0) is 31.6 Å². The monoisotopic (exact) mass is 154 g/mol. The van der Waals surface area contributed by atoms with Gasteiger partial charge < -0.3 is 5.73 Å². The molecular weight excluding hydrogens is 136 g/mol. The van der Waals surface area contributed by atoms with E-state index in [1.165, 1.54) is 25.7 Å². The van der Waals surface area contributed by atoms with Crippen LogP contribution in [0, 0.1) is 5.41 Å². The summed E-state index contributed by atoms with van der Waals surface area (Å²) in [5.74, 6) is 0.729. The Labute approximate surface area is 68.9 Å². The average molecular weight is 154 g/mol. The molecule has 1 aliphatic carbocycles. The summed E-state index contributed by atoms with van der Waals surface area (Å²) in [6.07, 6.45) is 5.32. The number of hydrogen-bond acceptors (Lipinski definition) is 1. The van der Waals surface area contributed by atoms with Crippen LogP contribution < -0.4 is 5.73 Å². The first-order chi connectivity index (χ1) is 5.18. The Bertz CT molecular complexity index is 153. The Hall–Kier alpha value is -0.530. The zero-order chi connectivity index (χ0) is 8.32. The molecule has 0 bridgehead atoms. The minimum atomic E-state index is 0.565. The second kappa shape index (κ2) is 3.24. The highest BCUT2D eigenvalue weighted by Gasteiger charge is 2.40. The van der Waals surface area contributed by atoms with Crippen LogP contribution in [0.5, 0.6) is 0 Å². The van der Waals surface area contributed by atoms with Crippen molar-refractivity contribution in [3.8, 4) is 0 Å². The van der Waals surface area contributed by atoms with Crippen LogP contribution in [0.25, 0.3) is 0 Å². The lowest BCUT2D eigenvalue weighted by atomic mass is 10.0. The van der Waals surface area contributed by atoms with Gasteiger partial charge in [0.05, 0.1) is 5.84 Å². The number of nitrogens with two attached hydrogens (primary N) is 1. The maximum Gasteiger partial charge on any atom is 0.0905 e. The Morgan fingerprint density at radius 1 is 1.55 bits per heavy atom. The van der Waals surface area contributed by atoms with E-state index in [1.54, 1.807) is 0 Å². The lowest BCUT2D eigenvalue weighted by Gasteiger charge is -2.09. The minimum absolute atomic E-state index is 0.565. The van der Waals surface area contributed by atoms with Gasteiger partial charge in [-0.2, -0.15) is 0 Å². The van der Waals surface area contributed by atoms with E-state index in [4.69, 9.17) is 5.73 Å². The van der Waals surface area contributed by atoms with Crippen molar-refractivity contribution < 1.29 is 0 Å². The van der Waals surface area contributed by atoms with E-state index >= 15 is 0 Å². The molecule has 2 heteroatoms. The van der Waals surface area contributed by atoms with Crippen LogP contribution in [0.1, 0.15) is 39.5 Å². The molecule has 0 radical (unpaired) electrons. The summed E-state index contributed by atoms with van der Waals surface area (Å²) in [6.45, 7) is 5.06. The number of rotatable bonds is 4. The molecular formula is C9H18N2. The minimum Gasteiger partial charge on any atom is -0.388 e. The molecule has 0 spiro atoms. The number of aliphatic imine (C=N–C) groups is 1. The molecule has 0 saturated heterocycles. The molecule has 0 aliphatic heterocycles. The highest BCUT2D eigenvalue weighted by Crippen LogP contribution is 2.49. The summed E-state index contributed by atoms with van der Waals surface area (Å²) in [5.41, 5.74) is 6.04. The summed E-state index contributed by atoms with van der Waals surface area (Å²) in [6, 6.07) is 0. The Balaban J connectivity index is 2.30. The normalized spacial score (nSPS) is 21.8. The molecule has 0 heterocycles. The molecule has 2 N–H and O–H groups in total. The standard InChI is InChI=1S/C9H18N2/c1-3-4-9(5-6-9)7-11-8(2)10/h3-7H2,1-2H3,(H2,10,11). The van der Waals surface area contributed by atoms with E-state index in [1.807, 2.05) is 6.92 Å². The van der Waals surface area contributed by atoms with Crippen LogP contribution >= 0.6 is 0 Å². The number of nitrogens with zero attached hydrogens (tertiary/aromatic N) is 1. The molecule has 0 atom stereocenters. The van der Waals surface area contributed by atoms with Gasteiger partial charge in [0.1, 0.15) is 0 Å². The van der Waals surface area contributed by atoms with Crippen LogP contribution in [0.4, 0.5) is 0 Å². The molecule has 0 aromatic heterocycles. The summed E-state index contributed by atoms with van der Waals surface area (Å²) < 4.78 is 0. The van der Waals surface area contributed by atoms with Crippen molar-refractivity contribution in [3.63, 3.8) is 0 Å². The second-order valence-corrected chi connectivity index (χ2v) is 3.71. The average Bonchev–Trinajstić information content (AvgIpc) is 2.67. The van der Waals surface area contributed by atoms with Gasteiger partial charge in [0.25, 0.3) is 0 Å².